The Morgan fingerprint density at radius 2 is 2.21 bits per heavy atom. The number of nitro benzene ring substituents is 1. The molecule has 5 nitrogen and oxygen atoms in total. The van der Waals surface area contributed by atoms with E-state index in [2.05, 4.69) is 0 Å². The van der Waals surface area contributed by atoms with E-state index in [1.54, 1.807) is 17.0 Å². The minimum Gasteiger partial charge on any atom is -0.312 e. The van der Waals surface area contributed by atoms with Crippen molar-refractivity contribution < 1.29 is 9.72 Å². The summed E-state index contributed by atoms with van der Waals surface area (Å²) in [4.78, 5) is 24.4. The van der Waals surface area contributed by atoms with Gasteiger partial charge in [0.1, 0.15) is 0 Å². The van der Waals surface area contributed by atoms with Crippen LogP contribution < -0.4 is 4.90 Å². The fourth-order valence-corrected chi connectivity index (χ4v) is 2.24. The van der Waals surface area contributed by atoms with Crippen molar-refractivity contribution in [2.24, 2.45) is 5.92 Å². The van der Waals surface area contributed by atoms with Crippen molar-refractivity contribution in [1.82, 2.24) is 0 Å². The van der Waals surface area contributed by atoms with Crippen LogP contribution >= 0.6 is 0 Å². The van der Waals surface area contributed by atoms with Crippen LogP contribution in [0.15, 0.2) is 24.3 Å². The highest BCUT2D eigenvalue weighted by Crippen LogP contribution is 2.31. The molecule has 0 aliphatic heterocycles. The van der Waals surface area contributed by atoms with Gasteiger partial charge in [0.25, 0.3) is 5.69 Å². The summed E-state index contributed by atoms with van der Waals surface area (Å²) in [6.07, 6.45) is 3.81. The maximum Gasteiger partial charge on any atom is 0.271 e. The first kappa shape index (κ1) is 13.5. The van der Waals surface area contributed by atoms with Crippen molar-refractivity contribution in [3.63, 3.8) is 0 Å². The van der Waals surface area contributed by atoms with Gasteiger partial charge in [-0.3, -0.25) is 14.9 Å². The Morgan fingerprint density at radius 3 is 2.74 bits per heavy atom. The summed E-state index contributed by atoms with van der Waals surface area (Å²) in [6, 6.07) is 6.32. The molecule has 0 N–H and O–H groups in total. The molecule has 1 aromatic rings. The zero-order chi connectivity index (χ0) is 13.8. The fourth-order valence-electron chi connectivity index (χ4n) is 2.24. The summed E-state index contributed by atoms with van der Waals surface area (Å²) in [6.45, 7) is 2.61. The second-order valence-corrected chi connectivity index (χ2v) is 4.89. The number of hydrogen-bond acceptors (Lipinski definition) is 3. The molecule has 1 saturated carbocycles. The van der Waals surface area contributed by atoms with Gasteiger partial charge < -0.3 is 4.90 Å². The van der Waals surface area contributed by atoms with Gasteiger partial charge in [-0.1, -0.05) is 19.4 Å². The normalized spacial score (nSPS) is 14.8. The highest BCUT2D eigenvalue weighted by Gasteiger charge is 2.30. The molecule has 0 unspecified atom stereocenters. The van der Waals surface area contributed by atoms with Gasteiger partial charge in [-0.2, -0.15) is 0 Å². The largest absolute Gasteiger partial charge is 0.312 e. The van der Waals surface area contributed by atoms with E-state index in [-0.39, 0.29) is 17.5 Å². The van der Waals surface area contributed by atoms with Crippen molar-refractivity contribution in [2.45, 2.75) is 32.6 Å². The molecule has 1 amide bonds. The quantitative estimate of drug-likeness (QED) is 0.605. The third kappa shape index (κ3) is 2.92. The molecule has 1 aliphatic carbocycles. The monoisotopic (exact) mass is 262 g/mol. The van der Waals surface area contributed by atoms with Crippen molar-refractivity contribution in [1.29, 1.82) is 0 Å². The van der Waals surface area contributed by atoms with E-state index in [4.69, 9.17) is 0 Å². The summed E-state index contributed by atoms with van der Waals surface area (Å²) in [5.41, 5.74) is 0.660. The van der Waals surface area contributed by atoms with Gasteiger partial charge in [0.2, 0.25) is 5.91 Å². The Balaban J connectivity index is 2.24. The van der Waals surface area contributed by atoms with Gasteiger partial charge in [-0.25, -0.2) is 0 Å². The molecule has 0 atom stereocenters. The summed E-state index contributed by atoms with van der Waals surface area (Å²) >= 11 is 0. The molecule has 2 rings (SSSR count). The fraction of sp³-hybridized carbons (Fsp3) is 0.500. The number of hydrogen-bond donors (Lipinski definition) is 0. The molecule has 1 aliphatic rings. The van der Waals surface area contributed by atoms with Gasteiger partial charge in [0.15, 0.2) is 0 Å². The van der Waals surface area contributed by atoms with Crippen LogP contribution in [0.2, 0.25) is 0 Å². The number of nitro groups is 1. The molecular formula is C14H18N2O3. The SMILES string of the molecule is CCCN(C(=O)C1CCC1)c1cccc([N+](=O)[O-])c1. The van der Waals surface area contributed by atoms with E-state index < -0.39 is 4.92 Å². The first-order valence-electron chi connectivity index (χ1n) is 6.69. The van der Waals surface area contributed by atoms with Crippen LogP contribution in [-0.2, 0) is 4.79 Å². The topological polar surface area (TPSA) is 63.5 Å². The maximum atomic E-state index is 12.4. The number of anilines is 1. The van der Waals surface area contributed by atoms with Gasteiger partial charge >= 0.3 is 0 Å². The Kier molecular flexibility index (Phi) is 4.14. The summed E-state index contributed by atoms with van der Waals surface area (Å²) < 4.78 is 0. The number of amides is 1. The van der Waals surface area contributed by atoms with Crippen LogP contribution in [0.25, 0.3) is 0 Å². The molecule has 0 saturated heterocycles. The van der Waals surface area contributed by atoms with Gasteiger partial charge in [-0.05, 0) is 25.3 Å². The third-order valence-electron chi connectivity index (χ3n) is 3.52. The average Bonchev–Trinajstić information content (AvgIpc) is 2.33. The third-order valence-corrected chi connectivity index (χ3v) is 3.52. The van der Waals surface area contributed by atoms with E-state index in [9.17, 15) is 14.9 Å². The molecule has 0 radical (unpaired) electrons. The predicted molar refractivity (Wildman–Crippen MR) is 73.1 cm³/mol. The minimum absolute atomic E-state index is 0.0278. The number of nitrogens with zero attached hydrogens (tertiary/aromatic N) is 2. The predicted octanol–water partition coefficient (Wildman–Crippen LogP) is 3.14. The average molecular weight is 262 g/mol. The van der Waals surface area contributed by atoms with E-state index in [0.29, 0.717) is 12.2 Å². The van der Waals surface area contributed by atoms with Crippen molar-refractivity contribution in [3.05, 3.63) is 34.4 Å². The summed E-state index contributed by atoms with van der Waals surface area (Å²) in [5.74, 6) is 0.208. The molecule has 19 heavy (non-hydrogen) atoms. The van der Waals surface area contributed by atoms with Crippen molar-refractivity contribution in [2.75, 3.05) is 11.4 Å². The van der Waals surface area contributed by atoms with E-state index in [1.165, 1.54) is 12.1 Å². The first-order chi connectivity index (χ1) is 9.13. The van der Waals surface area contributed by atoms with Crippen LogP contribution in [0.1, 0.15) is 32.6 Å². The molecular weight excluding hydrogens is 244 g/mol. The van der Waals surface area contributed by atoms with Crippen molar-refractivity contribution in [3.8, 4) is 0 Å². The second-order valence-electron chi connectivity index (χ2n) is 4.89. The van der Waals surface area contributed by atoms with E-state index in [1.807, 2.05) is 6.92 Å². The highest BCUT2D eigenvalue weighted by molar-refractivity contribution is 5.95. The van der Waals surface area contributed by atoms with Gasteiger partial charge in [0.05, 0.1) is 10.6 Å². The lowest BCUT2D eigenvalue weighted by Gasteiger charge is -2.31. The lowest BCUT2D eigenvalue weighted by atomic mass is 9.84. The lowest BCUT2D eigenvalue weighted by Crippen LogP contribution is -2.39. The number of benzene rings is 1. The zero-order valence-corrected chi connectivity index (χ0v) is 11.0. The van der Waals surface area contributed by atoms with Crippen molar-refractivity contribution >= 4 is 17.3 Å². The second kappa shape index (κ2) is 5.82. The molecule has 0 aromatic heterocycles. The number of rotatable bonds is 5. The number of carbonyl (C=O) groups excluding carboxylic acids is 1. The summed E-state index contributed by atoms with van der Waals surface area (Å²) in [5, 5.41) is 10.8. The molecule has 0 spiro atoms. The van der Waals surface area contributed by atoms with Gasteiger partial charge in [0, 0.05) is 24.6 Å². The molecule has 1 aromatic carbocycles. The maximum absolute atomic E-state index is 12.4. The number of carbonyl (C=O) groups is 1. The highest BCUT2D eigenvalue weighted by atomic mass is 16.6. The van der Waals surface area contributed by atoms with Crippen LogP contribution in [0, 0.1) is 16.0 Å². The van der Waals surface area contributed by atoms with Crippen LogP contribution in [0.5, 0.6) is 0 Å². The van der Waals surface area contributed by atoms with Gasteiger partial charge in [-0.15, -0.1) is 0 Å². The van der Waals surface area contributed by atoms with E-state index >= 15 is 0 Å². The standard InChI is InChI=1S/C14H18N2O3/c1-2-9-15(14(17)11-5-3-6-11)12-7-4-8-13(10-12)16(18)19/h4,7-8,10-11H,2-3,5-6,9H2,1H3. The Labute approximate surface area is 112 Å². The smallest absolute Gasteiger partial charge is 0.271 e. The molecule has 1 fully saturated rings. The molecule has 0 heterocycles. The molecule has 102 valence electrons. The Morgan fingerprint density at radius 1 is 1.47 bits per heavy atom. The number of non-ortho nitro benzene ring substituents is 1. The first-order valence-corrected chi connectivity index (χ1v) is 6.69. The Bertz CT molecular complexity index is 483. The molecule has 0 bridgehead atoms. The molecule has 5 heteroatoms. The minimum atomic E-state index is -0.429. The summed E-state index contributed by atoms with van der Waals surface area (Å²) in [7, 11) is 0. The van der Waals surface area contributed by atoms with Crippen LogP contribution in [0.3, 0.4) is 0 Å². The van der Waals surface area contributed by atoms with Crippen LogP contribution in [-0.4, -0.2) is 17.4 Å². The van der Waals surface area contributed by atoms with Crippen LogP contribution in [0.4, 0.5) is 11.4 Å². The lowest BCUT2D eigenvalue weighted by molar-refractivity contribution is -0.384. The van der Waals surface area contributed by atoms with E-state index in [0.717, 1.165) is 25.7 Å². The zero-order valence-electron chi connectivity index (χ0n) is 11.0. The Hall–Kier alpha value is -1.91.